The molecule has 1 amide bonds. The van der Waals surface area contributed by atoms with Crippen LogP contribution in [0.1, 0.15) is 32.6 Å². The normalized spacial score (nSPS) is 30.8. The van der Waals surface area contributed by atoms with Gasteiger partial charge in [0.05, 0.1) is 6.54 Å². The van der Waals surface area contributed by atoms with Gasteiger partial charge in [-0.15, -0.1) is 0 Å². The zero-order chi connectivity index (χ0) is 18.7. The van der Waals surface area contributed by atoms with Gasteiger partial charge >= 0.3 is 6.09 Å². The van der Waals surface area contributed by atoms with Crippen LogP contribution in [0.5, 0.6) is 0 Å². The van der Waals surface area contributed by atoms with E-state index in [0.29, 0.717) is 6.04 Å². The van der Waals surface area contributed by atoms with Crippen LogP contribution in [0.2, 0.25) is 0 Å². The molecule has 0 bridgehead atoms. The van der Waals surface area contributed by atoms with E-state index in [4.69, 9.17) is 4.74 Å². The number of ether oxygens (including phenoxy) is 1. The summed E-state index contributed by atoms with van der Waals surface area (Å²) in [6.45, 7) is 14.9. The molecule has 1 spiro atoms. The molecule has 4 aliphatic rings. The number of likely N-dealkylation sites (N-methyl/N-ethyl adjacent to an activating group) is 1. The van der Waals surface area contributed by atoms with Crippen LogP contribution in [-0.4, -0.2) is 116 Å². The second-order valence-electron chi connectivity index (χ2n) is 8.78. The molecular formula is C20H37N5O2. The lowest BCUT2D eigenvalue weighted by Crippen LogP contribution is -2.53. The molecule has 0 aromatic rings. The number of likely N-dealkylation sites (tertiary alicyclic amines) is 1. The van der Waals surface area contributed by atoms with Crippen LogP contribution in [0.25, 0.3) is 0 Å². The Morgan fingerprint density at radius 2 is 1.81 bits per heavy atom. The molecule has 0 aromatic heterocycles. The Labute approximate surface area is 164 Å². The zero-order valence-electron chi connectivity index (χ0n) is 17.0. The van der Waals surface area contributed by atoms with Crippen molar-refractivity contribution in [3.8, 4) is 0 Å². The average Bonchev–Trinajstić information content (AvgIpc) is 3.03. The minimum absolute atomic E-state index is 0.0880. The number of hydrogen-bond donors (Lipinski definition) is 1. The molecule has 154 valence electrons. The maximum Gasteiger partial charge on any atom is 0.410 e. The van der Waals surface area contributed by atoms with Crippen LogP contribution in [-0.2, 0) is 4.74 Å². The molecule has 7 heteroatoms. The number of amides is 1. The summed E-state index contributed by atoms with van der Waals surface area (Å²) in [5, 5.41) is 3.52. The first-order valence-corrected chi connectivity index (χ1v) is 11.0. The Balaban J connectivity index is 1.22. The highest BCUT2D eigenvalue weighted by molar-refractivity contribution is 5.70. The van der Waals surface area contributed by atoms with Crippen molar-refractivity contribution in [2.75, 3.05) is 78.5 Å². The van der Waals surface area contributed by atoms with Crippen LogP contribution < -0.4 is 5.32 Å². The summed E-state index contributed by atoms with van der Waals surface area (Å²) in [7, 11) is 0. The molecular weight excluding hydrogens is 342 g/mol. The Hall–Kier alpha value is -0.890. The lowest BCUT2D eigenvalue weighted by Gasteiger charge is -2.42. The Morgan fingerprint density at radius 3 is 2.48 bits per heavy atom. The first-order valence-electron chi connectivity index (χ1n) is 11.0. The minimum Gasteiger partial charge on any atom is -0.441 e. The van der Waals surface area contributed by atoms with Crippen molar-refractivity contribution in [3.05, 3.63) is 0 Å². The van der Waals surface area contributed by atoms with Crippen molar-refractivity contribution >= 4 is 6.09 Å². The molecule has 4 saturated heterocycles. The zero-order valence-corrected chi connectivity index (χ0v) is 17.0. The lowest BCUT2D eigenvalue weighted by atomic mass is 9.89. The number of carbonyl (C=O) groups excluding carboxylic acids is 1. The van der Waals surface area contributed by atoms with Gasteiger partial charge < -0.3 is 19.9 Å². The van der Waals surface area contributed by atoms with Crippen molar-refractivity contribution in [1.82, 2.24) is 24.9 Å². The van der Waals surface area contributed by atoms with Crippen LogP contribution in [0.4, 0.5) is 4.79 Å². The van der Waals surface area contributed by atoms with Crippen molar-refractivity contribution in [2.45, 2.75) is 44.2 Å². The SMILES string of the molecule is CCN1CCN(CCN2CC3(CCN([C@H]4CCCNC4)CC3)OC2=O)CC1. The lowest BCUT2D eigenvalue weighted by molar-refractivity contribution is -0.0127. The second kappa shape index (κ2) is 8.64. The van der Waals surface area contributed by atoms with E-state index in [0.717, 1.165) is 91.4 Å². The third-order valence-electron chi connectivity index (χ3n) is 7.14. The summed E-state index contributed by atoms with van der Waals surface area (Å²) in [6, 6.07) is 0.672. The molecule has 0 radical (unpaired) electrons. The molecule has 4 heterocycles. The number of nitrogens with zero attached hydrogens (tertiary/aromatic N) is 4. The molecule has 0 saturated carbocycles. The van der Waals surface area contributed by atoms with Gasteiger partial charge in [-0.05, 0) is 25.9 Å². The van der Waals surface area contributed by atoms with Gasteiger partial charge in [-0.2, -0.15) is 0 Å². The van der Waals surface area contributed by atoms with Gasteiger partial charge in [0.15, 0.2) is 0 Å². The molecule has 0 aliphatic carbocycles. The monoisotopic (exact) mass is 379 g/mol. The van der Waals surface area contributed by atoms with E-state index in [2.05, 4.69) is 26.9 Å². The predicted octanol–water partition coefficient (Wildman–Crippen LogP) is 0.663. The highest BCUT2D eigenvalue weighted by Crippen LogP contribution is 2.34. The quantitative estimate of drug-likeness (QED) is 0.758. The molecule has 1 N–H and O–H groups in total. The number of carbonyl (C=O) groups is 1. The van der Waals surface area contributed by atoms with E-state index in [1.807, 2.05) is 4.90 Å². The van der Waals surface area contributed by atoms with Crippen LogP contribution in [0.15, 0.2) is 0 Å². The van der Waals surface area contributed by atoms with E-state index in [1.165, 1.54) is 12.8 Å². The van der Waals surface area contributed by atoms with Gasteiger partial charge in [-0.1, -0.05) is 6.92 Å². The first-order chi connectivity index (χ1) is 13.2. The van der Waals surface area contributed by atoms with Crippen LogP contribution in [0, 0.1) is 0 Å². The van der Waals surface area contributed by atoms with E-state index >= 15 is 0 Å². The highest BCUT2D eigenvalue weighted by atomic mass is 16.6. The summed E-state index contributed by atoms with van der Waals surface area (Å²) < 4.78 is 5.93. The van der Waals surface area contributed by atoms with Gasteiger partial charge in [0.1, 0.15) is 5.60 Å². The predicted molar refractivity (Wildman–Crippen MR) is 106 cm³/mol. The average molecular weight is 380 g/mol. The molecule has 0 aromatic carbocycles. The third kappa shape index (κ3) is 4.58. The molecule has 7 nitrogen and oxygen atoms in total. The molecule has 4 rings (SSSR count). The topological polar surface area (TPSA) is 51.3 Å². The van der Waals surface area contributed by atoms with Gasteiger partial charge in [-0.3, -0.25) is 9.80 Å². The maximum atomic E-state index is 12.5. The van der Waals surface area contributed by atoms with Gasteiger partial charge in [0, 0.05) is 77.8 Å². The fourth-order valence-corrected chi connectivity index (χ4v) is 5.16. The number of piperidine rings is 2. The van der Waals surface area contributed by atoms with E-state index in [1.54, 1.807) is 0 Å². The molecule has 27 heavy (non-hydrogen) atoms. The van der Waals surface area contributed by atoms with Gasteiger partial charge in [0.2, 0.25) is 0 Å². The number of nitrogens with one attached hydrogen (secondary N) is 1. The smallest absolute Gasteiger partial charge is 0.410 e. The number of piperazine rings is 1. The van der Waals surface area contributed by atoms with Crippen LogP contribution in [0.3, 0.4) is 0 Å². The Bertz CT molecular complexity index is 495. The minimum atomic E-state index is -0.226. The van der Waals surface area contributed by atoms with Gasteiger partial charge in [-0.25, -0.2) is 4.79 Å². The Kier molecular flexibility index (Phi) is 6.21. The fraction of sp³-hybridized carbons (Fsp3) is 0.950. The van der Waals surface area contributed by atoms with Crippen molar-refractivity contribution < 1.29 is 9.53 Å². The van der Waals surface area contributed by atoms with Crippen LogP contribution >= 0.6 is 0 Å². The second-order valence-corrected chi connectivity index (χ2v) is 8.78. The summed E-state index contributed by atoms with van der Waals surface area (Å²) in [4.78, 5) is 22.0. The highest BCUT2D eigenvalue weighted by Gasteiger charge is 2.47. The molecule has 4 fully saturated rings. The van der Waals surface area contributed by atoms with Crippen molar-refractivity contribution in [1.29, 1.82) is 0 Å². The van der Waals surface area contributed by atoms with E-state index in [-0.39, 0.29) is 11.7 Å². The van der Waals surface area contributed by atoms with Crippen molar-refractivity contribution in [2.24, 2.45) is 0 Å². The number of hydrogen-bond acceptors (Lipinski definition) is 6. The largest absolute Gasteiger partial charge is 0.441 e. The molecule has 0 unspecified atom stereocenters. The Morgan fingerprint density at radius 1 is 1.07 bits per heavy atom. The third-order valence-corrected chi connectivity index (χ3v) is 7.14. The first kappa shape index (κ1) is 19.4. The fourth-order valence-electron chi connectivity index (χ4n) is 5.16. The summed E-state index contributed by atoms with van der Waals surface area (Å²) in [5.41, 5.74) is -0.226. The van der Waals surface area contributed by atoms with E-state index < -0.39 is 0 Å². The number of rotatable bonds is 5. The maximum absolute atomic E-state index is 12.5. The summed E-state index contributed by atoms with van der Waals surface area (Å²) in [5.74, 6) is 0. The standard InChI is InChI=1S/C20H37N5O2/c1-2-22-10-12-23(13-11-22)14-15-25-17-20(27-19(25)26)5-8-24(9-6-20)18-4-3-7-21-16-18/h18,21H,2-17H2,1H3/t18-/m0/s1. The van der Waals surface area contributed by atoms with E-state index in [9.17, 15) is 4.79 Å². The molecule has 1 atom stereocenters. The molecule has 4 aliphatic heterocycles. The summed E-state index contributed by atoms with van der Waals surface area (Å²) in [6.07, 6.45) is 4.47. The van der Waals surface area contributed by atoms with Gasteiger partial charge in [0.25, 0.3) is 0 Å². The van der Waals surface area contributed by atoms with Crippen molar-refractivity contribution in [3.63, 3.8) is 0 Å². The summed E-state index contributed by atoms with van der Waals surface area (Å²) >= 11 is 0.